The molecule has 33 heavy (non-hydrogen) atoms. The van der Waals surface area contributed by atoms with E-state index in [0.29, 0.717) is 26.3 Å². The van der Waals surface area contributed by atoms with Gasteiger partial charge >= 0.3 is 12.0 Å². The Morgan fingerprint density at radius 3 is 2.06 bits per heavy atom. The maximum Gasteiger partial charge on any atom is 0.321 e. The van der Waals surface area contributed by atoms with Crippen molar-refractivity contribution in [2.75, 3.05) is 40.5 Å². The van der Waals surface area contributed by atoms with E-state index in [1.54, 1.807) is 16.8 Å². The third kappa shape index (κ3) is 4.30. The van der Waals surface area contributed by atoms with Crippen LogP contribution in [0.4, 0.5) is 4.79 Å². The van der Waals surface area contributed by atoms with Crippen molar-refractivity contribution in [2.24, 2.45) is 5.92 Å². The molecule has 2 heterocycles. The molecule has 0 spiro atoms. The van der Waals surface area contributed by atoms with Gasteiger partial charge in [0.2, 0.25) is 5.91 Å². The molecule has 0 aromatic heterocycles. The average molecular weight is 452 g/mol. The van der Waals surface area contributed by atoms with E-state index in [-0.39, 0.29) is 11.9 Å². The average Bonchev–Trinajstić information content (AvgIpc) is 3.25. The lowest BCUT2D eigenvalue weighted by atomic mass is 9.80. The molecule has 174 valence electrons. The maximum absolute atomic E-state index is 13.9. The number of nitrogens with one attached hydrogen (secondary N) is 1. The van der Waals surface area contributed by atoms with Gasteiger partial charge in [-0.3, -0.25) is 9.59 Å². The molecule has 2 aromatic rings. The topological polar surface area (TPSA) is 88.2 Å². The van der Waals surface area contributed by atoms with Crippen molar-refractivity contribution in [2.45, 2.75) is 18.0 Å². The summed E-state index contributed by atoms with van der Waals surface area (Å²) in [5.74, 6) is -2.11. The quantitative estimate of drug-likeness (QED) is 0.720. The van der Waals surface area contributed by atoms with Crippen molar-refractivity contribution < 1.29 is 23.9 Å². The van der Waals surface area contributed by atoms with E-state index in [1.165, 1.54) is 7.11 Å². The Kier molecular flexibility index (Phi) is 6.93. The summed E-state index contributed by atoms with van der Waals surface area (Å²) in [5, 5.41) is 2.72. The first-order valence-corrected chi connectivity index (χ1v) is 11.1. The largest absolute Gasteiger partial charge is 0.469 e. The Morgan fingerprint density at radius 1 is 0.939 bits per heavy atom. The van der Waals surface area contributed by atoms with Crippen molar-refractivity contribution in [1.82, 2.24) is 15.1 Å². The molecule has 8 heteroatoms. The Hall–Kier alpha value is -3.39. The number of carbonyl (C=O) groups is 3. The fourth-order valence-electron chi connectivity index (χ4n) is 5.00. The molecule has 2 fully saturated rings. The highest BCUT2D eigenvalue weighted by Gasteiger charge is 2.58. The van der Waals surface area contributed by atoms with E-state index >= 15 is 0 Å². The summed E-state index contributed by atoms with van der Waals surface area (Å²) in [5.41, 5.74) is 1.58. The summed E-state index contributed by atoms with van der Waals surface area (Å²) in [6.45, 7) is 1.72. The molecular weight excluding hydrogens is 422 g/mol. The number of amides is 3. The highest BCUT2D eigenvalue weighted by atomic mass is 16.5. The molecule has 2 saturated heterocycles. The van der Waals surface area contributed by atoms with Gasteiger partial charge in [-0.25, -0.2) is 4.79 Å². The highest BCUT2D eigenvalue weighted by Crippen LogP contribution is 2.50. The third-order valence-electron chi connectivity index (χ3n) is 6.48. The normalized spacial score (nSPS) is 24.9. The van der Waals surface area contributed by atoms with Gasteiger partial charge in [-0.15, -0.1) is 0 Å². The first-order chi connectivity index (χ1) is 16.1. The molecule has 1 N–H and O–H groups in total. The highest BCUT2D eigenvalue weighted by molar-refractivity contribution is 5.92. The molecule has 2 aliphatic heterocycles. The number of benzene rings is 2. The number of ether oxygens (including phenoxy) is 2. The molecule has 4 atom stereocenters. The number of nitrogens with zero attached hydrogens (tertiary/aromatic N) is 2. The molecular formula is C25H29N3O5. The van der Waals surface area contributed by atoms with E-state index in [9.17, 15) is 14.4 Å². The monoisotopic (exact) mass is 451 g/mol. The van der Waals surface area contributed by atoms with E-state index < -0.39 is 29.9 Å². The Morgan fingerprint density at radius 2 is 1.52 bits per heavy atom. The molecule has 2 aliphatic rings. The molecule has 0 radical (unpaired) electrons. The van der Waals surface area contributed by atoms with Crippen LogP contribution in [0, 0.1) is 5.92 Å². The van der Waals surface area contributed by atoms with Crippen molar-refractivity contribution in [3.63, 3.8) is 0 Å². The fourth-order valence-corrected chi connectivity index (χ4v) is 5.00. The van der Waals surface area contributed by atoms with E-state index in [4.69, 9.17) is 9.47 Å². The number of hydrogen-bond donors (Lipinski definition) is 1. The van der Waals surface area contributed by atoms with Gasteiger partial charge in [0.05, 0.1) is 32.3 Å². The Bertz CT molecular complexity index is 978. The summed E-state index contributed by atoms with van der Waals surface area (Å²) in [7, 11) is 2.89. The standard InChI is InChI=1S/C25H29N3O5/c1-26-23(29)22-19(17-9-5-3-6-10-17)20(24(30)32-2)21(18-11-7-4-8-12-18)28(22)25(31)27-13-15-33-16-14-27/h3-12,19-22H,13-16H2,1-2H3,(H,26,29). The van der Waals surface area contributed by atoms with Crippen LogP contribution in [0.1, 0.15) is 23.1 Å². The van der Waals surface area contributed by atoms with Crippen molar-refractivity contribution in [3.8, 4) is 0 Å². The van der Waals surface area contributed by atoms with E-state index in [1.807, 2.05) is 60.7 Å². The summed E-state index contributed by atoms with van der Waals surface area (Å²) in [6.07, 6.45) is 0. The van der Waals surface area contributed by atoms with Gasteiger partial charge in [0, 0.05) is 26.1 Å². The van der Waals surface area contributed by atoms with Crippen molar-refractivity contribution >= 4 is 17.9 Å². The van der Waals surface area contributed by atoms with Gasteiger partial charge in [0.25, 0.3) is 0 Å². The Labute approximate surface area is 193 Å². The Balaban J connectivity index is 1.91. The second-order valence-corrected chi connectivity index (χ2v) is 8.19. The van der Waals surface area contributed by atoms with Gasteiger partial charge in [0.15, 0.2) is 0 Å². The van der Waals surface area contributed by atoms with E-state index in [0.717, 1.165) is 11.1 Å². The maximum atomic E-state index is 13.9. The van der Waals surface area contributed by atoms with Crippen LogP contribution in [-0.2, 0) is 19.1 Å². The number of likely N-dealkylation sites (N-methyl/N-ethyl adjacent to an activating group) is 1. The number of esters is 1. The van der Waals surface area contributed by atoms with E-state index in [2.05, 4.69) is 5.32 Å². The lowest BCUT2D eigenvalue weighted by Gasteiger charge is -2.37. The zero-order chi connectivity index (χ0) is 23.4. The second-order valence-electron chi connectivity index (χ2n) is 8.19. The number of morpholine rings is 1. The summed E-state index contributed by atoms with van der Waals surface area (Å²) >= 11 is 0. The molecule has 0 aliphatic carbocycles. The van der Waals surface area contributed by atoms with Crippen LogP contribution in [0.25, 0.3) is 0 Å². The van der Waals surface area contributed by atoms with Crippen molar-refractivity contribution in [3.05, 3.63) is 71.8 Å². The number of likely N-dealkylation sites (tertiary alicyclic amines) is 1. The number of methoxy groups -OCH3 is 1. The number of hydrogen-bond acceptors (Lipinski definition) is 5. The predicted molar refractivity (Wildman–Crippen MR) is 121 cm³/mol. The smallest absolute Gasteiger partial charge is 0.321 e. The van der Waals surface area contributed by atoms with Crippen LogP contribution in [0.3, 0.4) is 0 Å². The lowest BCUT2D eigenvalue weighted by Crippen LogP contribution is -2.54. The number of urea groups is 1. The van der Waals surface area contributed by atoms with Crippen LogP contribution in [0.15, 0.2) is 60.7 Å². The minimum atomic E-state index is -0.887. The molecule has 2 aromatic carbocycles. The zero-order valence-electron chi connectivity index (χ0n) is 18.8. The minimum Gasteiger partial charge on any atom is -0.469 e. The lowest BCUT2D eigenvalue weighted by molar-refractivity contribution is -0.146. The van der Waals surface area contributed by atoms with Gasteiger partial charge in [-0.2, -0.15) is 0 Å². The molecule has 8 nitrogen and oxygen atoms in total. The SMILES string of the molecule is CNC(=O)C1C(c2ccccc2)C(C(=O)OC)C(c2ccccc2)N1C(=O)N1CCOCC1. The van der Waals surface area contributed by atoms with Crippen molar-refractivity contribution in [1.29, 1.82) is 0 Å². The van der Waals surface area contributed by atoms with Crippen LogP contribution in [0.2, 0.25) is 0 Å². The van der Waals surface area contributed by atoms with Crippen LogP contribution in [0.5, 0.6) is 0 Å². The van der Waals surface area contributed by atoms with Crippen LogP contribution >= 0.6 is 0 Å². The summed E-state index contributed by atoms with van der Waals surface area (Å²) in [4.78, 5) is 43.8. The third-order valence-corrected chi connectivity index (χ3v) is 6.48. The van der Waals surface area contributed by atoms with Gasteiger partial charge in [0.1, 0.15) is 6.04 Å². The first-order valence-electron chi connectivity index (χ1n) is 11.1. The predicted octanol–water partition coefficient (Wildman–Crippen LogP) is 2.18. The fraction of sp³-hybridized carbons (Fsp3) is 0.400. The summed E-state index contributed by atoms with van der Waals surface area (Å²) < 4.78 is 10.7. The van der Waals surface area contributed by atoms with Crippen LogP contribution in [-0.4, -0.2) is 74.2 Å². The van der Waals surface area contributed by atoms with Gasteiger partial charge in [-0.1, -0.05) is 60.7 Å². The number of carbonyl (C=O) groups excluding carboxylic acids is 3. The molecule has 4 unspecified atom stereocenters. The second kappa shape index (κ2) is 10.0. The summed E-state index contributed by atoms with van der Waals surface area (Å²) in [6, 6.07) is 16.9. The number of rotatable bonds is 4. The molecule has 0 bridgehead atoms. The molecule has 3 amide bonds. The van der Waals surface area contributed by atoms with Gasteiger partial charge in [-0.05, 0) is 11.1 Å². The van der Waals surface area contributed by atoms with Crippen LogP contribution < -0.4 is 5.32 Å². The zero-order valence-corrected chi connectivity index (χ0v) is 18.8. The first kappa shape index (κ1) is 22.8. The molecule has 4 rings (SSSR count). The van der Waals surface area contributed by atoms with Gasteiger partial charge < -0.3 is 24.6 Å². The molecule has 0 saturated carbocycles. The minimum absolute atomic E-state index is 0.284.